The van der Waals surface area contributed by atoms with Crippen molar-refractivity contribution in [2.75, 3.05) is 0 Å². The number of Topliss-reactive ketones (excluding diaryl/α,β-unsaturated/α-hetero) is 1. The molecule has 1 atom stereocenters. The van der Waals surface area contributed by atoms with Crippen molar-refractivity contribution in [1.82, 2.24) is 4.98 Å². The second-order valence-electron chi connectivity index (χ2n) is 3.04. The molecule has 0 spiro atoms. The van der Waals surface area contributed by atoms with Crippen LogP contribution in [0, 0.1) is 0 Å². The van der Waals surface area contributed by atoms with E-state index < -0.39 is 0 Å². The molecule has 0 radical (unpaired) electrons. The van der Waals surface area contributed by atoms with Crippen LogP contribution in [0.2, 0.25) is 0 Å². The summed E-state index contributed by atoms with van der Waals surface area (Å²) in [6.07, 6.45) is 4.75. The van der Waals surface area contributed by atoms with Crippen molar-refractivity contribution in [3.05, 3.63) is 24.0 Å². The molecule has 0 aliphatic rings. The number of nitrogens with two attached hydrogens (primary N) is 1. The molecular formula is C9H14N2O. The van der Waals surface area contributed by atoms with Crippen LogP contribution in [0.4, 0.5) is 0 Å². The maximum Gasteiger partial charge on any atom is 0.164 e. The summed E-state index contributed by atoms with van der Waals surface area (Å²) < 4.78 is 0. The highest BCUT2D eigenvalue weighted by Gasteiger charge is 2.06. The Morgan fingerprint density at radius 1 is 1.75 bits per heavy atom. The van der Waals surface area contributed by atoms with E-state index in [9.17, 15) is 4.79 Å². The lowest BCUT2D eigenvalue weighted by atomic mass is 10.1. The maximum absolute atomic E-state index is 11.3. The first-order valence-electron chi connectivity index (χ1n) is 4.11. The number of rotatable bonds is 4. The van der Waals surface area contributed by atoms with Gasteiger partial charge in [0.25, 0.3) is 0 Å². The molecule has 0 aromatic carbocycles. The predicted molar refractivity (Wildman–Crippen MR) is 48.0 cm³/mol. The fourth-order valence-electron chi connectivity index (χ4n) is 1.00. The lowest BCUT2D eigenvalue weighted by Crippen LogP contribution is -2.16. The molecule has 0 aliphatic heterocycles. The highest BCUT2D eigenvalue weighted by Crippen LogP contribution is 2.04. The van der Waals surface area contributed by atoms with Crippen LogP contribution in [0.25, 0.3) is 0 Å². The number of hydrogen-bond donors (Lipinski definition) is 2. The van der Waals surface area contributed by atoms with E-state index in [1.807, 2.05) is 6.92 Å². The third-order valence-electron chi connectivity index (χ3n) is 1.75. The highest BCUT2D eigenvalue weighted by molar-refractivity contribution is 5.95. The maximum atomic E-state index is 11.3. The molecule has 66 valence electrons. The molecule has 3 heteroatoms. The molecule has 1 aromatic rings. The quantitative estimate of drug-likeness (QED) is 0.663. The fourth-order valence-corrected chi connectivity index (χ4v) is 1.00. The van der Waals surface area contributed by atoms with Gasteiger partial charge in [-0.05, 0) is 19.4 Å². The SMILES string of the molecule is CC(N)CCC(=O)c1cc[nH]c1. The average molecular weight is 166 g/mol. The second-order valence-corrected chi connectivity index (χ2v) is 3.04. The third-order valence-corrected chi connectivity index (χ3v) is 1.75. The van der Waals surface area contributed by atoms with E-state index in [0.717, 1.165) is 12.0 Å². The molecular weight excluding hydrogens is 152 g/mol. The summed E-state index contributed by atoms with van der Waals surface area (Å²) in [5.41, 5.74) is 6.28. The van der Waals surface area contributed by atoms with Gasteiger partial charge in [0, 0.05) is 30.4 Å². The van der Waals surface area contributed by atoms with Gasteiger partial charge in [-0.15, -0.1) is 0 Å². The van der Waals surface area contributed by atoms with Crippen LogP contribution in [-0.4, -0.2) is 16.8 Å². The first-order valence-corrected chi connectivity index (χ1v) is 4.11. The van der Waals surface area contributed by atoms with Crippen LogP contribution in [-0.2, 0) is 0 Å². The third kappa shape index (κ3) is 2.51. The molecule has 1 aromatic heterocycles. The number of ketones is 1. The van der Waals surface area contributed by atoms with E-state index in [2.05, 4.69) is 4.98 Å². The largest absolute Gasteiger partial charge is 0.367 e. The van der Waals surface area contributed by atoms with Gasteiger partial charge in [-0.3, -0.25) is 4.79 Å². The lowest BCUT2D eigenvalue weighted by Gasteiger charge is -2.01. The van der Waals surface area contributed by atoms with Crippen LogP contribution in [0.1, 0.15) is 30.1 Å². The molecule has 12 heavy (non-hydrogen) atoms. The fraction of sp³-hybridized carbons (Fsp3) is 0.444. The van der Waals surface area contributed by atoms with E-state index in [1.165, 1.54) is 0 Å². The summed E-state index contributed by atoms with van der Waals surface area (Å²) in [4.78, 5) is 14.2. The minimum atomic E-state index is 0.105. The van der Waals surface area contributed by atoms with Gasteiger partial charge in [-0.25, -0.2) is 0 Å². The zero-order valence-corrected chi connectivity index (χ0v) is 7.21. The Kier molecular flexibility index (Phi) is 3.05. The Balaban J connectivity index is 2.40. The first kappa shape index (κ1) is 9.00. The van der Waals surface area contributed by atoms with E-state index in [4.69, 9.17) is 5.73 Å². The van der Waals surface area contributed by atoms with Crippen LogP contribution in [0.15, 0.2) is 18.5 Å². The van der Waals surface area contributed by atoms with Gasteiger partial charge in [0.05, 0.1) is 0 Å². The Morgan fingerprint density at radius 2 is 2.50 bits per heavy atom. The summed E-state index contributed by atoms with van der Waals surface area (Å²) in [5, 5.41) is 0. The van der Waals surface area contributed by atoms with Gasteiger partial charge in [-0.1, -0.05) is 0 Å². The molecule has 0 fully saturated rings. The van der Waals surface area contributed by atoms with E-state index in [0.29, 0.717) is 6.42 Å². The van der Waals surface area contributed by atoms with Crippen LogP contribution in [0.3, 0.4) is 0 Å². The lowest BCUT2D eigenvalue weighted by molar-refractivity contribution is 0.0978. The minimum Gasteiger partial charge on any atom is -0.367 e. The number of hydrogen-bond acceptors (Lipinski definition) is 2. The van der Waals surface area contributed by atoms with Crippen molar-refractivity contribution < 1.29 is 4.79 Å². The molecule has 3 N–H and O–H groups in total. The summed E-state index contributed by atoms with van der Waals surface area (Å²) in [6, 6.07) is 1.89. The number of H-pyrrole nitrogens is 1. The van der Waals surface area contributed by atoms with Crippen molar-refractivity contribution in [1.29, 1.82) is 0 Å². The Hall–Kier alpha value is -1.09. The number of carbonyl (C=O) groups excluding carboxylic acids is 1. The van der Waals surface area contributed by atoms with Crippen LogP contribution < -0.4 is 5.73 Å². The van der Waals surface area contributed by atoms with E-state index >= 15 is 0 Å². The molecule has 1 heterocycles. The summed E-state index contributed by atoms with van der Waals surface area (Å²) in [5.74, 6) is 0.161. The molecule has 0 amide bonds. The van der Waals surface area contributed by atoms with Crippen molar-refractivity contribution in [3.8, 4) is 0 Å². The summed E-state index contributed by atoms with van der Waals surface area (Å²) in [7, 11) is 0. The normalized spacial score (nSPS) is 12.8. The number of nitrogens with one attached hydrogen (secondary N) is 1. The number of aromatic amines is 1. The first-order chi connectivity index (χ1) is 5.70. The van der Waals surface area contributed by atoms with Gasteiger partial charge < -0.3 is 10.7 Å². The molecule has 0 saturated carbocycles. The summed E-state index contributed by atoms with van der Waals surface area (Å²) >= 11 is 0. The Labute approximate surface area is 72.0 Å². The summed E-state index contributed by atoms with van der Waals surface area (Å²) in [6.45, 7) is 1.91. The Bertz CT molecular complexity index is 239. The molecule has 1 unspecified atom stereocenters. The second kappa shape index (κ2) is 4.07. The van der Waals surface area contributed by atoms with E-state index in [-0.39, 0.29) is 11.8 Å². The van der Waals surface area contributed by atoms with Gasteiger partial charge >= 0.3 is 0 Å². The molecule has 0 bridgehead atoms. The highest BCUT2D eigenvalue weighted by atomic mass is 16.1. The molecule has 3 nitrogen and oxygen atoms in total. The number of aromatic nitrogens is 1. The monoisotopic (exact) mass is 166 g/mol. The molecule has 1 rings (SSSR count). The van der Waals surface area contributed by atoms with Crippen molar-refractivity contribution >= 4 is 5.78 Å². The van der Waals surface area contributed by atoms with Crippen LogP contribution in [0.5, 0.6) is 0 Å². The zero-order chi connectivity index (χ0) is 8.97. The average Bonchev–Trinajstić information content (AvgIpc) is 2.51. The standard InChI is InChI=1S/C9H14N2O/c1-7(10)2-3-9(12)8-4-5-11-6-8/h4-7,11H,2-3,10H2,1H3. The van der Waals surface area contributed by atoms with Crippen molar-refractivity contribution in [2.45, 2.75) is 25.8 Å². The van der Waals surface area contributed by atoms with Crippen molar-refractivity contribution in [3.63, 3.8) is 0 Å². The minimum absolute atomic E-state index is 0.105. The number of carbonyl (C=O) groups is 1. The van der Waals surface area contributed by atoms with E-state index in [1.54, 1.807) is 18.5 Å². The smallest absolute Gasteiger partial charge is 0.164 e. The van der Waals surface area contributed by atoms with Crippen molar-refractivity contribution in [2.24, 2.45) is 5.73 Å². The van der Waals surface area contributed by atoms with Gasteiger partial charge in [0.1, 0.15) is 0 Å². The van der Waals surface area contributed by atoms with Gasteiger partial charge in [-0.2, -0.15) is 0 Å². The predicted octanol–water partition coefficient (Wildman–Crippen LogP) is 1.32. The zero-order valence-electron chi connectivity index (χ0n) is 7.21. The Morgan fingerprint density at radius 3 is 3.00 bits per heavy atom. The van der Waals surface area contributed by atoms with Gasteiger partial charge in [0.15, 0.2) is 5.78 Å². The molecule has 0 aliphatic carbocycles. The van der Waals surface area contributed by atoms with Crippen LogP contribution >= 0.6 is 0 Å². The molecule has 0 saturated heterocycles. The van der Waals surface area contributed by atoms with Gasteiger partial charge in [0.2, 0.25) is 0 Å². The topological polar surface area (TPSA) is 58.9 Å².